The number of rotatable bonds is 8. The van der Waals surface area contributed by atoms with E-state index in [2.05, 4.69) is 72.2 Å². The van der Waals surface area contributed by atoms with E-state index in [1.54, 1.807) is 0 Å². The summed E-state index contributed by atoms with van der Waals surface area (Å²) >= 11 is 3.71. The van der Waals surface area contributed by atoms with Crippen LogP contribution in [-0.2, 0) is 13.1 Å². The Balaban J connectivity index is 2.68. The molecule has 1 rings (SSSR count). The summed E-state index contributed by atoms with van der Waals surface area (Å²) in [7, 11) is 2.22. The Morgan fingerprint density at radius 1 is 1.21 bits per heavy atom. The maximum Gasteiger partial charge on any atom is 0.0244 e. The summed E-state index contributed by atoms with van der Waals surface area (Å²) < 4.78 is 1.22. The summed E-state index contributed by atoms with van der Waals surface area (Å²) in [6, 6.07) is 7.38. The summed E-state index contributed by atoms with van der Waals surface area (Å²) in [5.74, 6) is 0. The average Bonchev–Trinajstić information content (AvgIpc) is 2.40. The molecule has 2 nitrogen and oxygen atoms in total. The molecule has 0 fully saturated rings. The second-order valence-corrected chi connectivity index (χ2v) is 5.95. The van der Waals surface area contributed by atoms with Crippen molar-refractivity contribution < 1.29 is 0 Å². The molecule has 19 heavy (non-hydrogen) atoms. The van der Waals surface area contributed by atoms with Crippen molar-refractivity contribution in [3.63, 3.8) is 0 Å². The molecule has 0 aliphatic heterocycles. The van der Waals surface area contributed by atoms with Crippen molar-refractivity contribution in [1.82, 2.24) is 10.2 Å². The minimum Gasteiger partial charge on any atom is -0.313 e. The van der Waals surface area contributed by atoms with Gasteiger partial charge in [0.1, 0.15) is 0 Å². The fraction of sp³-hybridized carbons (Fsp3) is 0.625. The van der Waals surface area contributed by atoms with Gasteiger partial charge in [0.25, 0.3) is 0 Å². The predicted molar refractivity (Wildman–Crippen MR) is 87.4 cm³/mol. The van der Waals surface area contributed by atoms with Gasteiger partial charge in [0, 0.05) is 23.6 Å². The normalized spacial score (nSPS) is 11.5. The Morgan fingerprint density at radius 3 is 2.42 bits per heavy atom. The van der Waals surface area contributed by atoms with Crippen LogP contribution < -0.4 is 5.32 Å². The summed E-state index contributed by atoms with van der Waals surface area (Å²) in [5, 5.41) is 3.36. The third-order valence-corrected chi connectivity index (χ3v) is 4.42. The van der Waals surface area contributed by atoms with Crippen LogP contribution in [0.4, 0.5) is 0 Å². The summed E-state index contributed by atoms with van der Waals surface area (Å²) in [6.07, 6.45) is 2.42. The molecule has 0 unspecified atom stereocenters. The van der Waals surface area contributed by atoms with Gasteiger partial charge in [0.05, 0.1) is 0 Å². The van der Waals surface area contributed by atoms with Crippen molar-refractivity contribution in [1.29, 1.82) is 0 Å². The van der Waals surface area contributed by atoms with Crippen molar-refractivity contribution in [3.8, 4) is 0 Å². The highest BCUT2D eigenvalue weighted by atomic mass is 79.9. The van der Waals surface area contributed by atoms with E-state index in [9.17, 15) is 0 Å². The summed E-state index contributed by atoms with van der Waals surface area (Å²) in [4.78, 5) is 2.45. The molecule has 1 N–H and O–H groups in total. The van der Waals surface area contributed by atoms with Gasteiger partial charge in [-0.3, -0.25) is 4.90 Å². The molecule has 0 saturated heterocycles. The molecule has 0 spiro atoms. The Kier molecular flexibility index (Phi) is 7.66. The molecule has 0 atom stereocenters. The Labute approximate surface area is 126 Å². The van der Waals surface area contributed by atoms with Gasteiger partial charge >= 0.3 is 0 Å². The zero-order valence-electron chi connectivity index (χ0n) is 12.7. The van der Waals surface area contributed by atoms with Crippen LogP contribution in [0.2, 0.25) is 0 Å². The minimum atomic E-state index is 0.674. The van der Waals surface area contributed by atoms with Gasteiger partial charge < -0.3 is 5.32 Å². The lowest BCUT2D eigenvalue weighted by Gasteiger charge is -2.26. The fourth-order valence-corrected chi connectivity index (χ4v) is 2.96. The van der Waals surface area contributed by atoms with Crippen molar-refractivity contribution in [2.24, 2.45) is 0 Å². The van der Waals surface area contributed by atoms with Gasteiger partial charge in [0.15, 0.2) is 0 Å². The number of benzene rings is 1. The molecular weight excluding hydrogens is 300 g/mol. The van der Waals surface area contributed by atoms with Crippen LogP contribution in [0.25, 0.3) is 0 Å². The van der Waals surface area contributed by atoms with Crippen LogP contribution in [0.15, 0.2) is 22.7 Å². The van der Waals surface area contributed by atoms with Crippen molar-refractivity contribution in [2.45, 2.75) is 52.7 Å². The Morgan fingerprint density at radius 2 is 1.89 bits per heavy atom. The first-order valence-corrected chi connectivity index (χ1v) is 8.09. The highest BCUT2D eigenvalue weighted by Gasteiger charge is 2.12. The van der Waals surface area contributed by atoms with E-state index in [1.165, 1.54) is 28.4 Å². The molecule has 1 aromatic rings. The number of nitrogens with zero attached hydrogens (tertiary/aromatic N) is 1. The van der Waals surface area contributed by atoms with Crippen LogP contribution >= 0.6 is 15.9 Å². The molecule has 0 amide bonds. The molecular formula is C16H27BrN2. The largest absolute Gasteiger partial charge is 0.313 e. The van der Waals surface area contributed by atoms with E-state index >= 15 is 0 Å². The number of nitrogens with one attached hydrogen (secondary N) is 1. The standard InChI is InChI=1S/C16H27BrN2/c1-5-15(6-2)19(4)12-14-9-8-13(10-16(14)17)11-18-7-3/h8-10,15,18H,5-7,11-12H2,1-4H3. The number of hydrogen-bond donors (Lipinski definition) is 1. The van der Waals surface area contributed by atoms with E-state index in [0.717, 1.165) is 19.6 Å². The Bertz CT molecular complexity index is 375. The van der Waals surface area contributed by atoms with Crippen LogP contribution in [0.1, 0.15) is 44.7 Å². The fourth-order valence-electron chi connectivity index (χ4n) is 2.41. The van der Waals surface area contributed by atoms with E-state index in [-0.39, 0.29) is 0 Å². The van der Waals surface area contributed by atoms with E-state index < -0.39 is 0 Å². The lowest BCUT2D eigenvalue weighted by Crippen LogP contribution is -2.30. The molecule has 0 radical (unpaired) electrons. The second kappa shape index (κ2) is 8.72. The molecule has 0 aliphatic rings. The first kappa shape index (κ1) is 16.7. The van der Waals surface area contributed by atoms with Crippen LogP contribution in [0.3, 0.4) is 0 Å². The van der Waals surface area contributed by atoms with Crippen molar-refractivity contribution in [3.05, 3.63) is 33.8 Å². The third-order valence-electron chi connectivity index (χ3n) is 3.68. The molecule has 3 heteroatoms. The molecule has 0 saturated carbocycles. The topological polar surface area (TPSA) is 15.3 Å². The first-order chi connectivity index (χ1) is 9.12. The van der Waals surface area contributed by atoms with Gasteiger partial charge in [-0.05, 0) is 43.6 Å². The van der Waals surface area contributed by atoms with Crippen LogP contribution in [-0.4, -0.2) is 24.5 Å². The third kappa shape index (κ3) is 5.25. The van der Waals surface area contributed by atoms with Gasteiger partial charge in [0.2, 0.25) is 0 Å². The SMILES string of the molecule is CCNCc1ccc(CN(C)C(CC)CC)c(Br)c1. The van der Waals surface area contributed by atoms with Gasteiger partial charge in [-0.2, -0.15) is 0 Å². The first-order valence-electron chi connectivity index (χ1n) is 7.30. The highest BCUT2D eigenvalue weighted by Crippen LogP contribution is 2.21. The monoisotopic (exact) mass is 326 g/mol. The van der Waals surface area contributed by atoms with E-state index in [1.807, 2.05) is 0 Å². The smallest absolute Gasteiger partial charge is 0.0244 e. The maximum absolute atomic E-state index is 3.71. The van der Waals surface area contributed by atoms with Crippen LogP contribution in [0, 0.1) is 0 Å². The number of hydrogen-bond acceptors (Lipinski definition) is 2. The minimum absolute atomic E-state index is 0.674. The highest BCUT2D eigenvalue weighted by molar-refractivity contribution is 9.10. The summed E-state index contributed by atoms with van der Waals surface area (Å²) in [6.45, 7) is 9.62. The molecule has 108 valence electrons. The zero-order valence-corrected chi connectivity index (χ0v) is 14.3. The van der Waals surface area contributed by atoms with Gasteiger partial charge in [-0.15, -0.1) is 0 Å². The van der Waals surface area contributed by atoms with Gasteiger partial charge in [-0.25, -0.2) is 0 Å². The summed E-state index contributed by atoms with van der Waals surface area (Å²) in [5.41, 5.74) is 2.71. The zero-order chi connectivity index (χ0) is 14.3. The lowest BCUT2D eigenvalue weighted by atomic mass is 10.1. The lowest BCUT2D eigenvalue weighted by molar-refractivity contribution is 0.221. The van der Waals surface area contributed by atoms with Crippen molar-refractivity contribution >= 4 is 15.9 Å². The molecule has 1 aromatic carbocycles. The van der Waals surface area contributed by atoms with Crippen LogP contribution in [0.5, 0.6) is 0 Å². The quantitative estimate of drug-likeness (QED) is 0.770. The Hall–Kier alpha value is -0.380. The predicted octanol–water partition coefficient (Wildman–Crippen LogP) is 4.18. The van der Waals surface area contributed by atoms with E-state index in [0.29, 0.717) is 6.04 Å². The van der Waals surface area contributed by atoms with Gasteiger partial charge in [-0.1, -0.05) is 48.8 Å². The molecule has 0 heterocycles. The molecule has 0 aliphatic carbocycles. The maximum atomic E-state index is 3.71. The molecule has 0 aromatic heterocycles. The van der Waals surface area contributed by atoms with Crippen molar-refractivity contribution in [2.75, 3.05) is 13.6 Å². The number of halogens is 1. The van der Waals surface area contributed by atoms with E-state index in [4.69, 9.17) is 0 Å². The molecule has 0 bridgehead atoms. The second-order valence-electron chi connectivity index (χ2n) is 5.09. The average molecular weight is 327 g/mol.